The fourth-order valence-electron chi connectivity index (χ4n) is 1.38. The molecule has 0 aliphatic rings. The van der Waals surface area contributed by atoms with Crippen LogP contribution in [0, 0.1) is 5.92 Å². The van der Waals surface area contributed by atoms with Crippen LogP contribution in [0.1, 0.15) is 25.5 Å². The van der Waals surface area contributed by atoms with Crippen LogP contribution >= 0.6 is 0 Å². The average molecular weight is 236 g/mol. The van der Waals surface area contributed by atoms with E-state index in [0.29, 0.717) is 5.56 Å². The number of Topliss-reactive ketones (excluding diaryl/α,β-unsaturated/α-hetero) is 1. The lowest BCUT2D eigenvalue weighted by Gasteiger charge is -2.18. The van der Waals surface area contributed by atoms with Crippen LogP contribution in [-0.2, 0) is 9.53 Å². The summed E-state index contributed by atoms with van der Waals surface area (Å²) in [5.41, 5.74) is 0.650. The molecule has 1 heterocycles. The van der Waals surface area contributed by atoms with Crippen molar-refractivity contribution in [2.24, 2.45) is 5.92 Å². The van der Waals surface area contributed by atoms with Gasteiger partial charge in [-0.15, -0.1) is 0 Å². The van der Waals surface area contributed by atoms with E-state index in [1.807, 2.05) is 0 Å². The largest absolute Gasteiger partial charge is 0.453 e. The summed E-state index contributed by atoms with van der Waals surface area (Å²) in [5, 5.41) is 2.51. The molecular formula is C12H16N2O3. The van der Waals surface area contributed by atoms with E-state index < -0.39 is 12.1 Å². The predicted octanol–water partition coefficient (Wildman–Crippen LogP) is 1.70. The highest BCUT2D eigenvalue weighted by Crippen LogP contribution is 2.17. The van der Waals surface area contributed by atoms with Gasteiger partial charge in [-0.3, -0.25) is 9.78 Å². The lowest BCUT2D eigenvalue weighted by atomic mass is 9.97. The van der Waals surface area contributed by atoms with Crippen molar-refractivity contribution in [3.8, 4) is 0 Å². The molecule has 5 heteroatoms. The van der Waals surface area contributed by atoms with Gasteiger partial charge in [0.05, 0.1) is 7.11 Å². The summed E-state index contributed by atoms with van der Waals surface area (Å²) >= 11 is 0. The van der Waals surface area contributed by atoms with E-state index in [4.69, 9.17) is 0 Å². The average Bonchev–Trinajstić information content (AvgIpc) is 2.35. The minimum absolute atomic E-state index is 0.0802. The monoisotopic (exact) mass is 236 g/mol. The summed E-state index contributed by atoms with van der Waals surface area (Å²) < 4.78 is 4.51. The second-order valence-electron chi connectivity index (χ2n) is 3.91. The summed E-state index contributed by atoms with van der Waals surface area (Å²) in [6.07, 6.45) is 2.53. The van der Waals surface area contributed by atoms with Crippen molar-refractivity contribution in [1.82, 2.24) is 10.3 Å². The van der Waals surface area contributed by atoms with Crippen molar-refractivity contribution < 1.29 is 14.3 Å². The Morgan fingerprint density at radius 3 is 2.59 bits per heavy atom. The number of pyridine rings is 1. The van der Waals surface area contributed by atoms with Gasteiger partial charge in [-0.25, -0.2) is 4.79 Å². The fraction of sp³-hybridized carbons (Fsp3) is 0.417. The third-order valence-electron chi connectivity index (χ3n) is 2.32. The minimum Gasteiger partial charge on any atom is -0.453 e. The van der Waals surface area contributed by atoms with Crippen LogP contribution in [0.5, 0.6) is 0 Å². The number of nitrogens with zero attached hydrogens (tertiary/aromatic N) is 1. The molecule has 17 heavy (non-hydrogen) atoms. The van der Waals surface area contributed by atoms with Crippen molar-refractivity contribution in [2.45, 2.75) is 19.9 Å². The van der Waals surface area contributed by atoms with Gasteiger partial charge in [-0.1, -0.05) is 19.9 Å². The van der Waals surface area contributed by atoms with Crippen LogP contribution in [0.4, 0.5) is 4.79 Å². The van der Waals surface area contributed by atoms with E-state index in [2.05, 4.69) is 15.0 Å². The number of alkyl carbamates (subject to hydrolysis) is 1. The Balaban J connectivity index is 2.94. The molecule has 0 aliphatic carbocycles. The Morgan fingerprint density at radius 1 is 1.41 bits per heavy atom. The SMILES string of the molecule is COC(=O)N[C@@H](C(=O)C(C)C)c1cccnc1. The summed E-state index contributed by atoms with van der Waals surface area (Å²) in [6.45, 7) is 3.56. The molecular weight excluding hydrogens is 220 g/mol. The number of amides is 1. The van der Waals surface area contributed by atoms with Gasteiger partial charge in [-0.05, 0) is 6.07 Å². The Morgan fingerprint density at radius 2 is 2.12 bits per heavy atom. The number of aromatic nitrogens is 1. The van der Waals surface area contributed by atoms with E-state index in [1.54, 1.807) is 38.4 Å². The van der Waals surface area contributed by atoms with Crippen molar-refractivity contribution in [3.05, 3.63) is 30.1 Å². The summed E-state index contributed by atoms with van der Waals surface area (Å²) in [4.78, 5) is 27.1. The molecule has 0 saturated carbocycles. The van der Waals surface area contributed by atoms with Crippen LogP contribution in [-0.4, -0.2) is 24.0 Å². The van der Waals surface area contributed by atoms with Crippen molar-refractivity contribution in [2.75, 3.05) is 7.11 Å². The minimum atomic E-state index is -0.712. The van der Waals surface area contributed by atoms with Gasteiger partial charge >= 0.3 is 6.09 Å². The zero-order valence-electron chi connectivity index (χ0n) is 10.1. The second kappa shape index (κ2) is 5.98. The molecule has 0 bridgehead atoms. The topological polar surface area (TPSA) is 68.3 Å². The number of hydrogen-bond donors (Lipinski definition) is 1. The first-order valence-corrected chi connectivity index (χ1v) is 5.34. The van der Waals surface area contributed by atoms with Crippen LogP contribution in [0.15, 0.2) is 24.5 Å². The third-order valence-corrected chi connectivity index (χ3v) is 2.32. The maximum atomic E-state index is 12.0. The number of rotatable bonds is 4. The molecule has 1 amide bonds. The third kappa shape index (κ3) is 3.55. The highest BCUT2D eigenvalue weighted by molar-refractivity contribution is 5.89. The van der Waals surface area contributed by atoms with Crippen LogP contribution in [0.2, 0.25) is 0 Å². The Labute approximate surface area is 100 Å². The molecule has 1 aromatic rings. The first-order chi connectivity index (χ1) is 8.06. The quantitative estimate of drug-likeness (QED) is 0.864. The number of carbonyl (C=O) groups excluding carboxylic acids is 2. The maximum Gasteiger partial charge on any atom is 0.407 e. The molecule has 0 saturated heterocycles. The molecule has 0 spiro atoms. The molecule has 1 aromatic heterocycles. The van der Waals surface area contributed by atoms with Crippen molar-refractivity contribution >= 4 is 11.9 Å². The smallest absolute Gasteiger partial charge is 0.407 e. The predicted molar refractivity (Wildman–Crippen MR) is 62.4 cm³/mol. The first kappa shape index (κ1) is 13.2. The Bertz CT molecular complexity index is 390. The van der Waals surface area contributed by atoms with Crippen LogP contribution in [0.3, 0.4) is 0 Å². The first-order valence-electron chi connectivity index (χ1n) is 5.34. The number of ketones is 1. The van der Waals surface area contributed by atoms with Gasteiger partial charge < -0.3 is 10.1 Å². The van der Waals surface area contributed by atoms with Gasteiger partial charge in [0.15, 0.2) is 5.78 Å². The van der Waals surface area contributed by atoms with Gasteiger partial charge in [-0.2, -0.15) is 0 Å². The maximum absolute atomic E-state index is 12.0. The molecule has 0 unspecified atom stereocenters. The Hall–Kier alpha value is -1.91. The standard InChI is InChI=1S/C12H16N2O3/c1-8(2)11(15)10(14-12(16)17-3)9-5-4-6-13-7-9/h4-8,10H,1-3H3,(H,14,16)/t10-/m1/s1. The highest BCUT2D eigenvalue weighted by atomic mass is 16.5. The molecule has 5 nitrogen and oxygen atoms in total. The van der Waals surface area contributed by atoms with E-state index in [9.17, 15) is 9.59 Å². The molecule has 1 N–H and O–H groups in total. The van der Waals surface area contributed by atoms with E-state index >= 15 is 0 Å². The van der Waals surface area contributed by atoms with Crippen LogP contribution < -0.4 is 5.32 Å². The normalized spacial score (nSPS) is 12.0. The molecule has 1 atom stereocenters. The zero-order chi connectivity index (χ0) is 12.8. The molecule has 0 aromatic carbocycles. The molecule has 1 rings (SSSR count). The molecule has 0 fully saturated rings. The number of nitrogens with one attached hydrogen (secondary N) is 1. The lowest BCUT2D eigenvalue weighted by Crippen LogP contribution is -2.35. The van der Waals surface area contributed by atoms with Crippen LogP contribution in [0.25, 0.3) is 0 Å². The van der Waals surface area contributed by atoms with Crippen molar-refractivity contribution in [3.63, 3.8) is 0 Å². The number of carbonyl (C=O) groups is 2. The van der Waals surface area contributed by atoms with Gasteiger partial charge in [0.1, 0.15) is 6.04 Å². The lowest BCUT2D eigenvalue weighted by molar-refractivity contribution is -0.124. The van der Waals surface area contributed by atoms with Crippen molar-refractivity contribution in [1.29, 1.82) is 0 Å². The summed E-state index contributed by atoms with van der Waals surface area (Å²) in [7, 11) is 1.26. The Kier molecular flexibility index (Phi) is 4.63. The van der Waals surface area contributed by atoms with Gasteiger partial charge in [0.25, 0.3) is 0 Å². The van der Waals surface area contributed by atoms with E-state index in [-0.39, 0.29) is 11.7 Å². The summed E-state index contributed by atoms with van der Waals surface area (Å²) in [6, 6.07) is 2.75. The highest BCUT2D eigenvalue weighted by Gasteiger charge is 2.25. The second-order valence-corrected chi connectivity index (χ2v) is 3.91. The zero-order valence-corrected chi connectivity index (χ0v) is 10.1. The number of hydrogen-bond acceptors (Lipinski definition) is 4. The number of methoxy groups -OCH3 is 1. The van der Waals surface area contributed by atoms with E-state index in [0.717, 1.165) is 0 Å². The summed E-state index contributed by atoms with van der Waals surface area (Å²) in [5.74, 6) is -0.263. The molecule has 92 valence electrons. The van der Waals surface area contributed by atoms with Gasteiger partial charge in [0, 0.05) is 23.9 Å². The van der Waals surface area contributed by atoms with Gasteiger partial charge in [0.2, 0.25) is 0 Å². The molecule has 0 aliphatic heterocycles. The molecule has 0 radical (unpaired) electrons. The fourth-order valence-corrected chi connectivity index (χ4v) is 1.38. The number of ether oxygens (including phenoxy) is 1. The van der Waals surface area contributed by atoms with E-state index in [1.165, 1.54) is 7.11 Å².